The van der Waals surface area contributed by atoms with Crippen LogP contribution in [-0.2, 0) is 0 Å². The minimum Gasteiger partial charge on any atom is -0.355 e. The summed E-state index contributed by atoms with van der Waals surface area (Å²) >= 11 is 0. The highest BCUT2D eigenvalue weighted by molar-refractivity contribution is 14.0. The molecular weight excluding hydrogens is 401 g/mol. The van der Waals surface area contributed by atoms with Crippen molar-refractivity contribution in [2.75, 3.05) is 46.8 Å². The first kappa shape index (κ1) is 21.0. The Hall–Kier alpha value is -0.0800. The normalized spacial score (nSPS) is 20.4. The van der Waals surface area contributed by atoms with Crippen LogP contribution < -0.4 is 10.6 Å². The lowest BCUT2D eigenvalue weighted by molar-refractivity contribution is 0.197. The molecule has 0 atom stereocenters. The maximum absolute atomic E-state index is 4.37. The van der Waals surface area contributed by atoms with E-state index in [0.717, 1.165) is 25.1 Å². The molecule has 2 fully saturated rings. The van der Waals surface area contributed by atoms with Crippen LogP contribution >= 0.6 is 24.0 Å². The average Bonchev–Trinajstić information content (AvgIpc) is 3.37. The van der Waals surface area contributed by atoms with E-state index in [1.807, 2.05) is 7.05 Å². The number of hydrogen-bond donors (Lipinski definition) is 2. The quantitative estimate of drug-likeness (QED) is 0.347. The van der Waals surface area contributed by atoms with Crippen molar-refractivity contribution in [3.8, 4) is 0 Å². The second-order valence-electron chi connectivity index (χ2n) is 6.84. The number of guanidine groups is 1. The molecule has 1 saturated carbocycles. The summed E-state index contributed by atoms with van der Waals surface area (Å²) in [5, 5.41) is 7.05. The van der Waals surface area contributed by atoms with E-state index in [0.29, 0.717) is 6.04 Å². The van der Waals surface area contributed by atoms with Crippen LogP contribution in [-0.4, -0.2) is 74.7 Å². The van der Waals surface area contributed by atoms with Gasteiger partial charge in [0.15, 0.2) is 5.96 Å². The first-order valence-electron chi connectivity index (χ1n) is 9.12. The van der Waals surface area contributed by atoms with Crippen molar-refractivity contribution < 1.29 is 0 Å². The van der Waals surface area contributed by atoms with Gasteiger partial charge < -0.3 is 20.4 Å². The Morgan fingerprint density at radius 2 is 1.87 bits per heavy atom. The lowest BCUT2D eigenvalue weighted by atomic mass is 10.1. The van der Waals surface area contributed by atoms with Crippen LogP contribution in [0.4, 0.5) is 0 Å². The highest BCUT2D eigenvalue weighted by Crippen LogP contribution is 2.29. The van der Waals surface area contributed by atoms with E-state index in [2.05, 4.69) is 39.4 Å². The Labute approximate surface area is 159 Å². The van der Waals surface area contributed by atoms with Gasteiger partial charge in [-0.25, -0.2) is 0 Å². The summed E-state index contributed by atoms with van der Waals surface area (Å²) in [4.78, 5) is 9.42. The number of halogens is 1. The fourth-order valence-corrected chi connectivity index (χ4v) is 3.14. The molecule has 6 heteroatoms. The SMILES string of the molecule is CCCCN(C)CCNC(=NC)NC1CCN(C2CC2)CC1.I. The van der Waals surface area contributed by atoms with Gasteiger partial charge in [-0.05, 0) is 45.7 Å². The third-order valence-electron chi connectivity index (χ3n) is 4.84. The van der Waals surface area contributed by atoms with E-state index >= 15 is 0 Å². The zero-order valence-corrected chi connectivity index (χ0v) is 17.5. The lowest BCUT2D eigenvalue weighted by Gasteiger charge is -2.33. The highest BCUT2D eigenvalue weighted by atomic mass is 127. The van der Waals surface area contributed by atoms with Crippen molar-refractivity contribution in [3.05, 3.63) is 0 Å². The number of unbranched alkanes of at least 4 members (excludes halogenated alkanes) is 1. The molecule has 2 N–H and O–H groups in total. The van der Waals surface area contributed by atoms with Crippen molar-refractivity contribution in [2.45, 2.75) is 57.5 Å². The summed E-state index contributed by atoms with van der Waals surface area (Å²) in [6.45, 7) is 7.95. The maximum Gasteiger partial charge on any atom is 0.191 e. The third-order valence-corrected chi connectivity index (χ3v) is 4.84. The van der Waals surface area contributed by atoms with Gasteiger partial charge in [-0.15, -0.1) is 24.0 Å². The van der Waals surface area contributed by atoms with E-state index in [-0.39, 0.29) is 24.0 Å². The van der Waals surface area contributed by atoms with Gasteiger partial charge in [-0.3, -0.25) is 4.99 Å². The topological polar surface area (TPSA) is 42.9 Å². The van der Waals surface area contributed by atoms with Crippen molar-refractivity contribution in [3.63, 3.8) is 0 Å². The summed E-state index contributed by atoms with van der Waals surface area (Å²) < 4.78 is 0. The van der Waals surface area contributed by atoms with Crippen molar-refractivity contribution in [1.29, 1.82) is 0 Å². The Bertz CT molecular complexity index is 338. The van der Waals surface area contributed by atoms with Gasteiger partial charge in [0.2, 0.25) is 0 Å². The van der Waals surface area contributed by atoms with E-state index in [1.165, 1.54) is 58.2 Å². The molecule has 0 aromatic carbocycles. The smallest absolute Gasteiger partial charge is 0.191 e. The minimum atomic E-state index is 0. The fraction of sp³-hybridized carbons (Fsp3) is 0.941. The molecule has 1 heterocycles. The molecule has 1 aliphatic heterocycles. The largest absolute Gasteiger partial charge is 0.355 e. The van der Waals surface area contributed by atoms with Crippen LogP contribution in [0.1, 0.15) is 45.4 Å². The molecule has 2 rings (SSSR count). The number of hydrogen-bond acceptors (Lipinski definition) is 3. The van der Waals surface area contributed by atoms with Crippen LogP contribution in [0.15, 0.2) is 4.99 Å². The molecule has 1 saturated heterocycles. The van der Waals surface area contributed by atoms with Crippen LogP contribution in [0, 0.1) is 0 Å². The van der Waals surface area contributed by atoms with Gasteiger partial charge in [-0.1, -0.05) is 13.3 Å². The van der Waals surface area contributed by atoms with Crippen LogP contribution in [0.25, 0.3) is 0 Å². The molecule has 1 aliphatic carbocycles. The molecule has 0 unspecified atom stereocenters. The Balaban J connectivity index is 0.00000264. The lowest BCUT2D eigenvalue weighted by Crippen LogP contribution is -2.49. The monoisotopic (exact) mass is 437 g/mol. The standard InChI is InChI=1S/C17H35N5.HI/c1-4-5-11-21(3)14-10-19-17(18-2)20-15-8-12-22(13-9-15)16-6-7-16;/h15-16H,4-14H2,1-3H3,(H2,18,19,20);1H. The predicted molar refractivity (Wildman–Crippen MR) is 110 cm³/mol. The van der Waals surface area contributed by atoms with Gasteiger partial charge in [0.25, 0.3) is 0 Å². The first-order chi connectivity index (χ1) is 10.7. The maximum atomic E-state index is 4.37. The second kappa shape index (κ2) is 11.5. The fourth-order valence-electron chi connectivity index (χ4n) is 3.14. The zero-order valence-electron chi connectivity index (χ0n) is 15.2. The molecule has 23 heavy (non-hydrogen) atoms. The van der Waals surface area contributed by atoms with Crippen LogP contribution in [0.2, 0.25) is 0 Å². The van der Waals surface area contributed by atoms with Gasteiger partial charge in [-0.2, -0.15) is 0 Å². The number of piperidine rings is 1. The summed E-state index contributed by atoms with van der Waals surface area (Å²) in [5.74, 6) is 0.966. The highest BCUT2D eigenvalue weighted by Gasteiger charge is 2.31. The first-order valence-corrected chi connectivity index (χ1v) is 9.12. The number of nitrogens with zero attached hydrogens (tertiary/aromatic N) is 3. The van der Waals surface area contributed by atoms with Crippen LogP contribution in [0.5, 0.6) is 0 Å². The Morgan fingerprint density at radius 1 is 1.17 bits per heavy atom. The second-order valence-corrected chi connectivity index (χ2v) is 6.84. The molecule has 0 bridgehead atoms. The molecule has 0 aromatic heterocycles. The molecule has 136 valence electrons. The molecule has 0 aromatic rings. The van der Waals surface area contributed by atoms with Crippen LogP contribution in [0.3, 0.4) is 0 Å². The zero-order chi connectivity index (χ0) is 15.8. The summed E-state index contributed by atoms with van der Waals surface area (Å²) in [6, 6.07) is 1.50. The van der Waals surface area contributed by atoms with Crippen molar-refractivity contribution in [1.82, 2.24) is 20.4 Å². The predicted octanol–water partition coefficient (Wildman–Crippen LogP) is 2.13. The van der Waals surface area contributed by atoms with Crippen molar-refractivity contribution in [2.24, 2.45) is 4.99 Å². The third kappa shape index (κ3) is 8.03. The number of nitrogens with one attached hydrogen (secondary N) is 2. The number of likely N-dealkylation sites (tertiary alicyclic amines) is 1. The van der Waals surface area contributed by atoms with E-state index < -0.39 is 0 Å². The average molecular weight is 437 g/mol. The van der Waals surface area contributed by atoms with Gasteiger partial charge in [0.05, 0.1) is 0 Å². The molecule has 0 radical (unpaired) electrons. The minimum absolute atomic E-state index is 0. The number of rotatable bonds is 8. The van der Waals surface area contributed by atoms with Crippen molar-refractivity contribution >= 4 is 29.9 Å². The van der Waals surface area contributed by atoms with Gasteiger partial charge in [0.1, 0.15) is 0 Å². The summed E-state index contributed by atoms with van der Waals surface area (Å²) in [7, 11) is 4.07. The molecule has 2 aliphatic rings. The number of likely N-dealkylation sites (N-methyl/N-ethyl adjacent to an activating group) is 1. The molecule has 5 nitrogen and oxygen atoms in total. The molecule has 0 spiro atoms. The number of aliphatic imine (C=N–C) groups is 1. The molecule has 0 amide bonds. The van der Waals surface area contributed by atoms with E-state index in [9.17, 15) is 0 Å². The van der Waals surface area contributed by atoms with E-state index in [1.54, 1.807) is 0 Å². The summed E-state index contributed by atoms with van der Waals surface area (Å²) in [5.41, 5.74) is 0. The van der Waals surface area contributed by atoms with E-state index in [4.69, 9.17) is 0 Å². The summed E-state index contributed by atoms with van der Waals surface area (Å²) in [6.07, 6.45) is 7.88. The molecular formula is C17H36IN5. The van der Waals surface area contributed by atoms with Gasteiger partial charge >= 0.3 is 0 Å². The van der Waals surface area contributed by atoms with Gasteiger partial charge in [0, 0.05) is 45.3 Å². The Morgan fingerprint density at radius 3 is 2.43 bits per heavy atom. The Kier molecular flexibility index (Phi) is 10.5.